The van der Waals surface area contributed by atoms with Gasteiger partial charge >= 0.3 is 12.1 Å². The number of hydrogen-bond donors (Lipinski definition) is 1. The minimum absolute atomic E-state index is 0.0210. The zero-order valence-corrected chi connectivity index (χ0v) is 12.0. The number of rotatable bonds is 6. The third-order valence-corrected chi connectivity index (χ3v) is 5.50. The predicted octanol–water partition coefficient (Wildman–Crippen LogP) is 2.25. The molecule has 0 fully saturated rings. The van der Waals surface area contributed by atoms with Crippen molar-refractivity contribution in [1.29, 1.82) is 0 Å². The lowest BCUT2D eigenvalue weighted by molar-refractivity contribution is -0.137. The maximum absolute atomic E-state index is 12.5. The highest BCUT2D eigenvalue weighted by atomic mass is 32.2. The second kappa shape index (κ2) is 6.10. The lowest BCUT2D eigenvalue weighted by atomic mass is 10.4. The lowest BCUT2D eigenvalue weighted by Crippen LogP contribution is -2.32. The number of halogens is 3. The number of aliphatic carboxylic acids is 1. The standard InChI is InChI=1S/C10H12F3NO4S2/c1-2-14(4-3-9(15)16)20(17,18)7-5-8(19-6-7)10(11,12)13/h5-6H,2-4H2,1H3,(H,15,16). The molecule has 0 aromatic carbocycles. The maximum atomic E-state index is 12.5. The van der Waals surface area contributed by atoms with Crippen molar-refractivity contribution < 1.29 is 31.5 Å². The van der Waals surface area contributed by atoms with E-state index in [0.29, 0.717) is 6.07 Å². The van der Waals surface area contributed by atoms with Gasteiger partial charge in [0.25, 0.3) is 0 Å². The topological polar surface area (TPSA) is 74.7 Å². The minimum Gasteiger partial charge on any atom is -0.481 e. The molecule has 0 atom stereocenters. The van der Waals surface area contributed by atoms with E-state index in [1.165, 1.54) is 6.92 Å². The van der Waals surface area contributed by atoms with Gasteiger partial charge in [0.05, 0.1) is 11.3 Å². The van der Waals surface area contributed by atoms with Crippen molar-refractivity contribution in [2.75, 3.05) is 13.1 Å². The monoisotopic (exact) mass is 331 g/mol. The Bertz CT molecular complexity index is 580. The summed E-state index contributed by atoms with van der Waals surface area (Å²) < 4.78 is 62.4. The Morgan fingerprint density at radius 1 is 1.45 bits per heavy atom. The molecule has 0 amide bonds. The number of carbonyl (C=O) groups is 1. The largest absolute Gasteiger partial charge is 0.481 e. The fourth-order valence-corrected chi connectivity index (χ4v) is 4.00. The van der Waals surface area contributed by atoms with E-state index in [9.17, 15) is 26.4 Å². The molecule has 10 heteroatoms. The Morgan fingerprint density at radius 2 is 2.05 bits per heavy atom. The average molecular weight is 331 g/mol. The predicted molar refractivity (Wildman–Crippen MR) is 66.0 cm³/mol. The van der Waals surface area contributed by atoms with Crippen LogP contribution in [0.3, 0.4) is 0 Å². The van der Waals surface area contributed by atoms with Gasteiger partial charge in [-0.05, 0) is 6.07 Å². The van der Waals surface area contributed by atoms with Gasteiger partial charge in [-0.3, -0.25) is 4.79 Å². The molecule has 1 heterocycles. The van der Waals surface area contributed by atoms with Crippen LogP contribution in [0.15, 0.2) is 16.3 Å². The molecule has 0 saturated carbocycles. The van der Waals surface area contributed by atoms with Crippen molar-refractivity contribution in [3.8, 4) is 0 Å². The Labute approximate surface area is 117 Å². The van der Waals surface area contributed by atoms with Crippen molar-refractivity contribution in [3.63, 3.8) is 0 Å². The highest BCUT2D eigenvalue weighted by molar-refractivity contribution is 7.89. The van der Waals surface area contributed by atoms with E-state index in [4.69, 9.17) is 5.11 Å². The molecule has 0 spiro atoms. The van der Waals surface area contributed by atoms with E-state index >= 15 is 0 Å². The summed E-state index contributed by atoms with van der Waals surface area (Å²) in [5.74, 6) is -1.18. The average Bonchev–Trinajstić information content (AvgIpc) is 2.78. The zero-order valence-electron chi connectivity index (χ0n) is 10.3. The number of sulfonamides is 1. The molecule has 0 saturated heterocycles. The van der Waals surface area contributed by atoms with E-state index in [2.05, 4.69) is 0 Å². The molecular weight excluding hydrogens is 319 g/mol. The maximum Gasteiger partial charge on any atom is 0.425 e. The second-order valence-corrected chi connectivity index (χ2v) is 6.63. The second-order valence-electron chi connectivity index (χ2n) is 3.78. The Morgan fingerprint density at radius 3 is 2.45 bits per heavy atom. The number of alkyl halides is 3. The van der Waals surface area contributed by atoms with Crippen molar-refractivity contribution in [1.82, 2.24) is 4.31 Å². The summed E-state index contributed by atoms with van der Waals surface area (Å²) in [4.78, 5) is 8.97. The van der Waals surface area contributed by atoms with Crippen LogP contribution in [-0.4, -0.2) is 36.9 Å². The molecular formula is C10H12F3NO4S2. The molecule has 1 aromatic rings. The summed E-state index contributed by atoms with van der Waals surface area (Å²) in [6, 6.07) is 0.559. The first-order chi connectivity index (χ1) is 9.09. The Balaban J connectivity index is 3.02. The molecule has 1 N–H and O–H groups in total. The smallest absolute Gasteiger partial charge is 0.425 e. The van der Waals surface area contributed by atoms with Crippen LogP contribution in [-0.2, 0) is 21.0 Å². The van der Waals surface area contributed by atoms with Crippen LogP contribution in [0, 0.1) is 0 Å². The molecule has 114 valence electrons. The van der Waals surface area contributed by atoms with Crippen molar-refractivity contribution in [3.05, 3.63) is 16.3 Å². The SMILES string of the molecule is CCN(CCC(=O)O)S(=O)(=O)c1csc(C(F)(F)F)c1. The van der Waals surface area contributed by atoms with Crippen LogP contribution < -0.4 is 0 Å². The fraction of sp³-hybridized carbons (Fsp3) is 0.500. The molecule has 0 radical (unpaired) electrons. The number of carboxylic acid groups (broad SMARTS) is 1. The van der Waals surface area contributed by atoms with E-state index < -0.39 is 38.4 Å². The quantitative estimate of drug-likeness (QED) is 0.867. The molecule has 1 rings (SSSR count). The number of thiophene rings is 1. The van der Waals surface area contributed by atoms with E-state index in [1.54, 1.807) is 0 Å². The van der Waals surface area contributed by atoms with Crippen LogP contribution in [0.5, 0.6) is 0 Å². The molecule has 0 unspecified atom stereocenters. The molecule has 20 heavy (non-hydrogen) atoms. The van der Waals surface area contributed by atoms with Gasteiger partial charge in [-0.1, -0.05) is 6.92 Å². The Kier molecular flexibility index (Phi) is 5.16. The van der Waals surface area contributed by atoms with Crippen LogP contribution in [0.25, 0.3) is 0 Å². The first kappa shape index (κ1) is 16.9. The van der Waals surface area contributed by atoms with Gasteiger partial charge in [-0.15, -0.1) is 11.3 Å². The third kappa shape index (κ3) is 3.93. The highest BCUT2D eigenvalue weighted by Gasteiger charge is 2.35. The van der Waals surface area contributed by atoms with E-state index in [0.717, 1.165) is 9.69 Å². The van der Waals surface area contributed by atoms with Crippen LogP contribution in [0.2, 0.25) is 0 Å². The number of nitrogens with zero attached hydrogens (tertiary/aromatic N) is 1. The molecule has 0 bridgehead atoms. The first-order valence-electron chi connectivity index (χ1n) is 5.46. The number of hydrogen-bond acceptors (Lipinski definition) is 4. The van der Waals surface area contributed by atoms with Gasteiger partial charge in [0, 0.05) is 18.5 Å². The van der Waals surface area contributed by atoms with Crippen molar-refractivity contribution >= 4 is 27.3 Å². The summed E-state index contributed by atoms with van der Waals surface area (Å²) in [7, 11) is -4.11. The van der Waals surface area contributed by atoms with Gasteiger partial charge < -0.3 is 5.11 Å². The minimum atomic E-state index is -4.60. The summed E-state index contributed by atoms with van der Waals surface area (Å²) in [5, 5.41) is 9.44. The molecule has 0 aliphatic carbocycles. The van der Waals surface area contributed by atoms with E-state index in [-0.39, 0.29) is 24.4 Å². The first-order valence-corrected chi connectivity index (χ1v) is 7.78. The summed E-state index contributed by atoms with van der Waals surface area (Å²) >= 11 is 0.288. The van der Waals surface area contributed by atoms with Crippen molar-refractivity contribution in [2.24, 2.45) is 0 Å². The van der Waals surface area contributed by atoms with Crippen LogP contribution in [0.4, 0.5) is 13.2 Å². The van der Waals surface area contributed by atoms with Gasteiger partial charge in [0.15, 0.2) is 0 Å². The van der Waals surface area contributed by atoms with Gasteiger partial charge in [0.1, 0.15) is 4.88 Å². The van der Waals surface area contributed by atoms with Gasteiger partial charge in [-0.2, -0.15) is 17.5 Å². The third-order valence-electron chi connectivity index (χ3n) is 2.42. The highest BCUT2D eigenvalue weighted by Crippen LogP contribution is 2.35. The molecule has 1 aromatic heterocycles. The van der Waals surface area contributed by atoms with Gasteiger partial charge in [-0.25, -0.2) is 8.42 Å². The summed E-state index contributed by atoms with van der Waals surface area (Å²) in [5.41, 5.74) is 0. The van der Waals surface area contributed by atoms with E-state index in [1.807, 2.05) is 0 Å². The normalized spacial score (nSPS) is 12.8. The Hall–Kier alpha value is -1.13. The summed E-state index contributed by atoms with van der Waals surface area (Å²) in [6.07, 6.45) is -5.01. The summed E-state index contributed by atoms with van der Waals surface area (Å²) in [6.45, 7) is 1.18. The number of carboxylic acids is 1. The lowest BCUT2D eigenvalue weighted by Gasteiger charge is -2.18. The van der Waals surface area contributed by atoms with Crippen LogP contribution >= 0.6 is 11.3 Å². The zero-order chi connectivity index (χ0) is 15.6. The van der Waals surface area contributed by atoms with Crippen molar-refractivity contribution in [2.45, 2.75) is 24.4 Å². The molecule has 0 aliphatic rings. The molecule has 5 nitrogen and oxygen atoms in total. The fourth-order valence-electron chi connectivity index (χ4n) is 1.42. The van der Waals surface area contributed by atoms with Crippen LogP contribution in [0.1, 0.15) is 18.2 Å². The van der Waals surface area contributed by atoms with Gasteiger partial charge in [0.2, 0.25) is 10.0 Å². The molecule has 0 aliphatic heterocycles.